The van der Waals surface area contributed by atoms with Gasteiger partial charge in [-0.3, -0.25) is 0 Å². The van der Waals surface area contributed by atoms with Crippen LogP contribution in [0.4, 0.5) is 0 Å². The van der Waals surface area contributed by atoms with Crippen molar-refractivity contribution >= 4 is 10.0 Å². The van der Waals surface area contributed by atoms with E-state index in [1.54, 1.807) is 12.1 Å². The Morgan fingerprint density at radius 1 is 0.870 bits per heavy atom. The van der Waals surface area contributed by atoms with Crippen LogP contribution in [0.15, 0.2) is 59.5 Å². The second-order valence-corrected chi connectivity index (χ2v) is 7.67. The van der Waals surface area contributed by atoms with Crippen molar-refractivity contribution < 1.29 is 13.5 Å². The molecule has 1 saturated carbocycles. The van der Waals surface area contributed by atoms with Crippen molar-refractivity contribution in [2.75, 3.05) is 0 Å². The van der Waals surface area contributed by atoms with Gasteiger partial charge in [-0.1, -0.05) is 48.5 Å². The number of hydrogen-bond donors (Lipinski definition) is 2. The first kappa shape index (κ1) is 16.2. The first-order valence-electron chi connectivity index (χ1n) is 7.91. The molecule has 0 radical (unpaired) electrons. The molecule has 2 N–H and O–H groups in total. The number of benzene rings is 2. The Morgan fingerprint density at radius 3 is 2.17 bits per heavy atom. The third-order valence-electron chi connectivity index (χ3n) is 4.28. The predicted molar refractivity (Wildman–Crippen MR) is 90.5 cm³/mol. The summed E-state index contributed by atoms with van der Waals surface area (Å²) in [7, 11) is -3.59. The first-order chi connectivity index (χ1) is 11.1. The Kier molecular flexibility index (Phi) is 4.80. The lowest BCUT2D eigenvalue weighted by Gasteiger charge is -2.26. The van der Waals surface area contributed by atoms with Crippen LogP contribution in [0.1, 0.15) is 25.7 Å². The summed E-state index contributed by atoms with van der Waals surface area (Å²) in [5.74, 6) is 0. The van der Waals surface area contributed by atoms with E-state index in [0.29, 0.717) is 36.1 Å². The summed E-state index contributed by atoms with van der Waals surface area (Å²) in [5.41, 5.74) is 1.59. The van der Waals surface area contributed by atoms with Gasteiger partial charge < -0.3 is 5.11 Å². The Bertz CT molecular complexity index is 751. The molecule has 0 heterocycles. The van der Waals surface area contributed by atoms with Crippen LogP contribution in [0.2, 0.25) is 0 Å². The Morgan fingerprint density at radius 2 is 1.48 bits per heavy atom. The molecule has 2 aromatic carbocycles. The van der Waals surface area contributed by atoms with Crippen LogP contribution in [0, 0.1) is 0 Å². The molecule has 1 aliphatic rings. The van der Waals surface area contributed by atoms with Gasteiger partial charge in [0.1, 0.15) is 0 Å². The van der Waals surface area contributed by atoms with Gasteiger partial charge in [0.15, 0.2) is 0 Å². The smallest absolute Gasteiger partial charge is 0.241 e. The normalized spacial score (nSPS) is 22.0. The van der Waals surface area contributed by atoms with Gasteiger partial charge in [-0.05, 0) is 37.3 Å². The monoisotopic (exact) mass is 331 g/mol. The molecule has 0 aliphatic heterocycles. The van der Waals surface area contributed by atoms with Gasteiger partial charge in [0.05, 0.1) is 11.0 Å². The fourth-order valence-electron chi connectivity index (χ4n) is 3.03. The van der Waals surface area contributed by atoms with Crippen molar-refractivity contribution in [1.82, 2.24) is 4.72 Å². The van der Waals surface area contributed by atoms with Crippen molar-refractivity contribution in [1.29, 1.82) is 0 Å². The minimum Gasteiger partial charge on any atom is -0.393 e. The molecule has 0 bridgehead atoms. The van der Waals surface area contributed by atoms with Gasteiger partial charge in [0.2, 0.25) is 10.0 Å². The zero-order valence-corrected chi connectivity index (χ0v) is 13.7. The molecule has 1 fully saturated rings. The van der Waals surface area contributed by atoms with E-state index < -0.39 is 10.0 Å². The molecule has 4 nitrogen and oxygen atoms in total. The van der Waals surface area contributed by atoms with Gasteiger partial charge in [-0.2, -0.15) is 0 Å². The molecule has 122 valence electrons. The molecule has 1 aliphatic carbocycles. The van der Waals surface area contributed by atoms with Crippen molar-refractivity contribution in [3.8, 4) is 11.1 Å². The number of aliphatic hydroxyl groups excluding tert-OH is 1. The topological polar surface area (TPSA) is 66.4 Å². The molecule has 0 amide bonds. The summed E-state index contributed by atoms with van der Waals surface area (Å²) in [4.78, 5) is 0.303. The highest BCUT2D eigenvalue weighted by Crippen LogP contribution is 2.28. The molecule has 23 heavy (non-hydrogen) atoms. The highest BCUT2D eigenvalue weighted by atomic mass is 32.2. The summed E-state index contributed by atoms with van der Waals surface area (Å²) in [6.45, 7) is 0. The van der Waals surface area contributed by atoms with Crippen LogP contribution in [0.3, 0.4) is 0 Å². The summed E-state index contributed by atoms with van der Waals surface area (Å²) in [5, 5.41) is 9.56. The Labute approximate surface area is 137 Å². The molecule has 5 heteroatoms. The minimum absolute atomic E-state index is 0.104. The molecule has 0 unspecified atom stereocenters. The second-order valence-electron chi connectivity index (χ2n) is 5.99. The quantitative estimate of drug-likeness (QED) is 0.905. The highest BCUT2D eigenvalue weighted by molar-refractivity contribution is 7.89. The van der Waals surface area contributed by atoms with Crippen molar-refractivity contribution in [2.45, 2.75) is 42.7 Å². The van der Waals surface area contributed by atoms with E-state index in [2.05, 4.69) is 4.72 Å². The van der Waals surface area contributed by atoms with E-state index in [4.69, 9.17) is 0 Å². The van der Waals surface area contributed by atoms with E-state index in [9.17, 15) is 13.5 Å². The maximum atomic E-state index is 12.8. The van der Waals surface area contributed by atoms with Crippen molar-refractivity contribution in [3.05, 3.63) is 54.6 Å². The lowest BCUT2D eigenvalue weighted by Crippen LogP contribution is -2.38. The number of nitrogens with one attached hydrogen (secondary N) is 1. The van der Waals surface area contributed by atoms with Crippen molar-refractivity contribution in [2.24, 2.45) is 0 Å². The van der Waals surface area contributed by atoms with E-state index in [0.717, 1.165) is 5.56 Å². The maximum absolute atomic E-state index is 12.8. The molecule has 0 aromatic heterocycles. The average molecular weight is 331 g/mol. The molecular formula is C18H21NO3S. The molecular weight excluding hydrogens is 310 g/mol. The van der Waals surface area contributed by atoms with Gasteiger partial charge in [0.25, 0.3) is 0 Å². The van der Waals surface area contributed by atoms with Gasteiger partial charge in [-0.15, -0.1) is 0 Å². The third kappa shape index (κ3) is 3.80. The Balaban J connectivity index is 1.89. The largest absolute Gasteiger partial charge is 0.393 e. The number of aliphatic hydroxyl groups is 1. The predicted octanol–water partition coefficient (Wildman–Crippen LogP) is 2.94. The fourth-order valence-corrected chi connectivity index (χ4v) is 4.57. The number of hydrogen-bond acceptors (Lipinski definition) is 3. The third-order valence-corrected chi connectivity index (χ3v) is 5.86. The summed E-state index contributed by atoms with van der Waals surface area (Å²) < 4.78 is 28.4. The lowest BCUT2D eigenvalue weighted by molar-refractivity contribution is 0.120. The molecule has 0 atom stereocenters. The van der Waals surface area contributed by atoms with Crippen LogP contribution in [-0.2, 0) is 10.0 Å². The summed E-state index contributed by atoms with van der Waals surface area (Å²) >= 11 is 0. The van der Waals surface area contributed by atoms with Crippen LogP contribution >= 0.6 is 0 Å². The number of sulfonamides is 1. The van der Waals surface area contributed by atoms with Crippen LogP contribution in [0.5, 0.6) is 0 Å². The highest BCUT2D eigenvalue weighted by Gasteiger charge is 2.26. The molecule has 3 rings (SSSR count). The van der Waals surface area contributed by atoms with Gasteiger partial charge >= 0.3 is 0 Å². The number of rotatable bonds is 4. The minimum atomic E-state index is -3.59. The molecule has 0 spiro atoms. The lowest BCUT2D eigenvalue weighted by atomic mass is 9.94. The molecule has 0 saturated heterocycles. The zero-order valence-electron chi connectivity index (χ0n) is 12.9. The zero-order chi connectivity index (χ0) is 16.3. The maximum Gasteiger partial charge on any atom is 0.241 e. The SMILES string of the molecule is O=S(=O)(NC1CCC(O)CC1)c1ccccc1-c1ccccc1. The van der Waals surface area contributed by atoms with E-state index >= 15 is 0 Å². The fraction of sp³-hybridized carbons (Fsp3) is 0.333. The van der Waals surface area contributed by atoms with E-state index in [1.165, 1.54) is 0 Å². The Hall–Kier alpha value is -1.69. The van der Waals surface area contributed by atoms with Gasteiger partial charge in [-0.25, -0.2) is 13.1 Å². The standard InChI is InChI=1S/C18H21NO3S/c20-16-12-10-15(11-13-16)19-23(21,22)18-9-5-4-8-17(18)14-6-2-1-3-7-14/h1-9,15-16,19-20H,10-13H2. The average Bonchev–Trinajstić information content (AvgIpc) is 2.58. The van der Waals surface area contributed by atoms with Crippen LogP contribution in [0.25, 0.3) is 11.1 Å². The van der Waals surface area contributed by atoms with E-state index in [1.807, 2.05) is 42.5 Å². The van der Waals surface area contributed by atoms with Crippen LogP contribution in [-0.4, -0.2) is 25.7 Å². The van der Waals surface area contributed by atoms with Crippen molar-refractivity contribution in [3.63, 3.8) is 0 Å². The van der Waals surface area contributed by atoms with Crippen LogP contribution < -0.4 is 4.72 Å². The van der Waals surface area contributed by atoms with E-state index in [-0.39, 0.29) is 12.1 Å². The molecule has 2 aromatic rings. The van der Waals surface area contributed by atoms with Gasteiger partial charge in [0, 0.05) is 11.6 Å². The summed E-state index contributed by atoms with van der Waals surface area (Å²) in [6.07, 6.45) is 2.34. The second kappa shape index (κ2) is 6.83. The first-order valence-corrected chi connectivity index (χ1v) is 9.39. The summed E-state index contributed by atoms with van der Waals surface area (Å²) in [6, 6.07) is 16.5.